The van der Waals surface area contributed by atoms with Crippen LogP contribution in [0.2, 0.25) is 0 Å². The number of ether oxygens (including phenoxy) is 2. The summed E-state index contributed by atoms with van der Waals surface area (Å²) in [7, 11) is -0.301. The highest BCUT2D eigenvalue weighted by molar-refractivity contribution is 7.86. The first-order chi connectivity index (χ1) is 11.4. The predicted molar refractivity (Wildman–Crippen MR) is 89.9 cm³/mol. The topological polar surface area (TPSA) is 72.0 Å². The molecule has 2 fully saturated rings. The average molecular weight is 355 g/mol. The fourth-order valence-corrected chi connectivity index (χ4v) is 4.76. The Hall–Kier alpha value is -1.22. The molecule has 0 bridgehead atoms. The lowest BCUT2D eigenvalue weighted by Crippen LogP contribution is -2.59. The van der Waals surface area contributed by atoms with Crippen molar-refractivity contribution >= 4 is 10.2 Å². The van der Waals surface area contributed by atoms with Crippen LogP contribution in [0.25, 0.3) is 0 Å². The van der Waals surface area contributed by atoms with Crippen LogP contribution in [0.1, 0.15) is 19.3 Å². The van der Waals surface area contributed by atoms with E-state index in [4.69, 9.17) is 9.47 Å². The molecule has 7 nitrogen and oxygen atoms in total. The van der Waals surface area contributed by atoms with Gasteiger partial charge < -0.3 is 9.47 Å². The molecule has 2 saturated heterocycles. The third-order valence-corrected chi connectivity index (χ3v) is 6.77. The molecule has 3 rings (SSSR count). The number of hydrogen-bond donors (Lipinski definition) is 0. The van der Waals surface area contributed by atoms with Crippen LogP contribution in [0.5, 0.6) is 5.88 Å². The zero-order valence-electron chi connectivity index (χ0n) is 14.2. The third kappa shape index (κ3) is 3.42. The fourth-order valence-electron chi connectivity index (χ4n) is 3.54. The molecule has 134 valence electrons. The molecular formula is C16H25N3O4S. The molecule has 1 aromatic heterocycles. The van der Waals surface area contributed by atoms with E-state index in [2.05, 4.69) is 4.98 Å². The summed E-state index contributed by atoms with van der Waals surface area (Å²) in [4.78, 5) is 4.19. The zero-order chi connectivity index (χ0) is 17.2. The summed E-state index contributed by atoms with van der Waals surface area (Å²) >= 11 is 0. The second-order valence-electron chi connectivity index (χ2n) is 6.69. The molecular weight excluding hydrogens is 330 g/mol. The number of hydrogen-bond acceptors (Lipinski definition) is 5. The Bertz CT molecular complexity index is 653. The molecule has 2 aliphatic heterocycles. The monoisotopic (exact) mass is 355 g/mol. The van der Waals surface area contributed by atoms with E-state index in [-0.39, 0.29) is 11.5 Å². The maximum Gasteiger partial charge on any atom is 0.281 e. The molecule has 0 amide bonds. The van der Waals surface area contributed by atoms with Crippen LogP contribution >= 0.6 is 0 Å². The van der Waals surface area contributed by atoms with Gasteiger partial charge in [-0.2, -0.15) is 17.0 Å². The van der Waals surface area contributed by atoms with E-state index in [9.17, 15) is 8.42 Å². The van der Waals surface area contributed by atoms with E-state index >= 15 is 0 Å². The molecule has 2 aliphatic rings. The molecule has 1 aromatic rings. The molecule has 2 atom stereocenters. The van der Waals surface area contributed by atoms with Gasteiger partial charge in [0.1, 0.15) is 0 Å². The summed E-state index contributed by atoms with van der Waals surface area (Å²) in [5.41, 5.74) is -0.322. The Balaban J connectivity index is 1.79. The minimum Gasteiger partial charge on any atom is -0.477 e. The highest BCUT2D eigenvalue weighted by Gasteiger charge is 2.49. The summed E-state index contributed by atoms with van der Waals surface area (Å²) in [6, 6.07) is 5.52. The molecule has 0 saturated carbocycles. The normalized spacial score (nSPS) is 28.5. The van der Waals surface area contributed by atoms with Gasteiger partial charge in [-0.1, -0.05) is 6.07 Å². The summed E-state index contributed by atoms with van der Waals surface area (Å²) < 4.78 is 39.8. The average Bonchev–Trinajstić information content (AvgIpc) is 2.60. The largest absolute Gasteiger partial charge is 0.477 e. The lowest BCUT2D eigenvalue weighted by atomic mass is 9.73. The molecule has 24 heavy (non-hydrogen) atoms. The van der Waals surface area contributed by atoms with Gasteiger partial charge in [0.15, 0.2) is 0 Å². The Morgan fingerprint density at radius 1 is 1.46 bits per heavy atom. The lowest BCUT2D eigenvalue weighted by molar-refractivity contribution is -0.128. The van der Waals surface area contributed by atoms with Crippen LogP contribution in [-0.2, 0) is 14.9 Å². The molecule has 0 aliphatic carbocycles. The fraction of sp³-hybridized carbons (Fsp3) is 0.688. The Labute approximate surface area is 143 Å². The van der Waals surface area contributed by atoms with Crippen molar-refractivity contribution in [2.24, 2.45) is 5.41 Å². The Morgan fingerprint density at radius 2 is 2.29 bits per heavy atom. The maximum absolute atomic E-state index is 12.5. The molecule has 8 heteroatoms. The minimum atomic E-state index is -3.43. The van der Waals surface area contributed by atoms with Gasteiger partial charge in [0.25, 0.3) is 10.2 Å². The highest BCUT2D eigenvalue weighted by atomic mass is 32.2. The van der Waals surface area contributed by atoms with Crippen LogP contribution in [-0.4, -0.2) is 68.5 Å². The summed E-state index contributed by atoms with van der Waals surface area (Å²) in [6.07, 6.45) is 4.22. The Kier molecular flexibility index (Phi) is 5.10. The first kappa shape index (κ1) is 17.6. The summed E-state index contributed by atoms with van der Waals surface area (Å²) in [5.74, 6) is 0.559. The van der Waals surface area contributed by atoms with E-state index < -0.39 is 10.2 Å². The van der Waals surface area contributed by atoms with Crippen molar-refractivity contribution in [3.63, 3.8) is 0 Å². The van der Waals surface area contributed by atoms with Crippen molar-refractivity contribution in [3.8, 4) is 5.88 Å². The molecule has 3 heterocycles. The van der Waals surface area contributed by atoms with Crippen LogP contribution < -0.4 is 4.74 Å². The number of aromatic nitrogens is 1. The van der Waals surface area contributed by atoms with Crippen molar-refractivity contribution < 1.29 is 17.9 Å². The summed E-state index contributed by atoms with van der Waals surface area (Å²) in [5, 5.41) is 0. The van der Waals surface area contributed by atoms with Gasteiger partial charge in [0, 0.05) is 51.5 Å². The van der Waals surface area contributed by atoms with E-state index in [1.807, 2.05) is 18.2 Å². The van der Waals surface area contributed by atoms with Gasteiger partial charge in [-0.25, -0.2) is 4.98 Å². The Morgan fingerprint density at radius 3 is 3.00 bits per heavy atom. The number of rotatable bonds is 5. The first-order valence-corrected chi connectivity index (χ1v) is 9.67. The van der Waals surface area contributed by atoms with Gasteiger partial charge in [-0.05, 0) is 25.3 Å². The van der Waals surface area contributed by atoms with Crippen molar-refractivity contribution in [3.05, 3.63) is 24.4 Å². The second-order valence-corrected chi connectivity index (χ2v) is 8.84. The molecule has 0 aromatic carbocycles. The number of nitrogens with zero attached hydrogens (tertiary/aromatic N) is 3. The standard InChI is InChI=1S/C16H25N3O4S/c1-18(2)24(20,21)19-10-7-14-16(12-19,8-5-11-22-14)13-23-15-6-3-4-9-17-15/h3-4,6,9,14H,5,7-8,10-13H2,1-2H3. The number of pyridine rings is 1. The van der Waals surface area contributed by atoms with Crippen molar-refractivity contribution in [2.45, 2.75) is 25.4 Å². The van der Waals surface area contributed by atoms with Crippen molar-refractivity contribution in [1.29, 1.82) is 0 Å². The highest BCUT2D eigenvalue weighted by Crippen LogP contribution is 2.41. The minimum absolute atomic E-state index is 0.0311. The maximum atomic E-state index is 12.5. The van der Waals surface area contributed by atoms with Crippen molar-refractivity contribution in [1.82, 2.24) is 13.6 Å². The summed E-state index contributed by atoms with van der Waals surface area (Å²) in [6.45, 7) is 2.05. The smallest absolute Gasteiger partial charge is 0.281 e. The molecule has 2 unspecified atom stereocenters. The van der Waals surface area contributed by atoms with E-state index in [0.29, 0.717) is 32.0 Å². The van der Waals surface area contributed by atoms with Gasteiger partial charge >= 0.3 is 0 Å². The number of fused-ring (bicyclic) bond motifs is 1. The van der Waals surface area contributed by atoms with Crippen LogP contribution in [0.4, 0.5) is 0 Å². The first-order valence-electron chi connectivity index (χ1n) is 8.27. The second kappa shape index (κ2) is 6.95. The third-order valence-electron chi connectivity index (χ3n) is 4.89. The van der Waals surface area contributed by atoms with E-state index in [1.165, 1.54) is 4.31 Å². The molecule has 0 radical (unpaired) electrons. The predicted octanol–water partition coefficient (Wildman–Crippen LogP) is 1.14. The zero-order valence-corrected chi connectivity index (χ0v) is 15.0. The van der Waals surface area contributed by atoms with Crippen molar-refractivity contribution in [2.75, 3.05) is 40.4 Å². The van der Waals surface area contributed by atoms with Crippen LogP contribution in [0.3, 0.4) is 0 Å². The molecule has 0 spiro atoms. The van der Waals surface area contributed by atoms with Crippen LogP contribution in [0.15, 0.2) is 24.4 Å². The van der Waals surface area contributed by atoms with Gasteiger partial charge in [0.2, 0.25) is 5.88 Å². The quantitative estimate of drug-likeness (QED) is 0.792. The van der Waals surface area contributed by atoms with E-state index in [0.717, 1.165) is 19.4 Å². The number of piperidine rings is 1. The van der Waals surface area contributed by atoms with Gasteiger partial charge in [0.05, 0.1) is 12.7 Å². The molecule has 0 N–H and O–H groups in total. The SMILES string of the molecule is CN(C)S(=O)(=O)N1CCC2OCCCC2(COc2ccccn2)C1. The van der Waals surface area contributed by atoms with Gasteiger partial charge in [-0.3, -0.25) is 0 Å². The van der Waals surface area contributed by atoms with Gasteiger partial charge in [-0.15, -0.1) is 0 Å². The lowest BCUT2D eigenvalue weighted by Gasteiger charge is -2.49. The van der Waals surface area contributed by atoms with E-state index in [1.54, 1.807) is 24.6 Å². The van der Waals surface area contributed by atoms with Crippen LogP contribution in [0, 0.1) is 5.41 Å².